The van der Waals surface area contributed by atoms with Gasteiger partial charge in [0.25, 0.3) is 0 Å². The van der Waals surface area contributed by atoms with E-state index in [1.807, 2.05) is 0 Å². The van der Waals surface area contributed by atoms with Crippen LogP contribution in [-0.4, -0.2) is 71.0 Å². The Hall–Kier alpha value is -3.18. The molecular formula is C76H148N4O8. The van der Waals surface area contributed by atoms with Crippen LogP contribution in [0.15, 0.2) is 0 Å². The zero-order valence-electron chi connectivity index (χ0n) is 58.8. The standard InChI is InChI=1S/C42H82N2O4.C34H66N2O4/c1-3-5-7-9-11-13-15-17-19-21-23-25-27-29-31-36-40(45)43-38-34-33-35-39(42(47)48)44-41(46)37-32-30-28-26-24-22-20-18-16-14-12-10-8-6-4-2;1-3-5-7-9-11-13-15-17-19-21-23-28-32(37)35-30-26-25-27-31(34(39)40)36-33(38)29-24-22-20-18-16-14-12-10-8-6-4-2/h39H,3-38H2,1-2H3,(H,43,45)(H,44,46)(H,47,48);31H,3-30H2,1-2H3,(H,35,37)(H,36,38)(H,39,40). The topological polar surface area (TPSA) is 191 Å². The second-order valence-electron chi connectivity index (χ2n) is 26.6. The average Bonchev–Trinajstić information content (AvgIpc) is 3.54. The number of nitrogens with one attached hydrogen (secondary N) is 4. The molecule has 520 valence electrons. The monoisotopic (exact) mass is 1250 g/mol. The molecule has 88 heavy (non-hydrogen) atoms. The molecule has 12 nitrogen and oxygen atoms in total. The first-order chi connectivity index (χ1) is 43.0. The average molecular weight is 1250 g/mol. The van der Waals surface area contributed by atoms with Gasteiger partial charge in [-0.2, -0.15) is 0 Å². The summed E-state index contributed by atoms with van der Waals surface area (Å²) in [7, 11) is 0. The number of aliphatic carboxylic acids is 2. The largest absolute Gasteiger partial charge is 0.480 e. The zero-order chi connectivity index (χ0) is 64.7. The van der Waals surface area contributed by atoms with E-state index in [0.717, 1.165) is 77.0 Å². The van der Waals surface area contributed by atoms with Gasteiger partial charge in [0.05, 0.1) is 0 Å². The fourth-order valence-corrected chi connectivity index (χ4v) is 11.8. The van der Waals surface area contributed by atoms with Crippen molar-refractivity contribution in [3.05, 3.63) is 0 Å². The van der Waals surface area contributed by atoms with Crippen LogP contribution >= 0.6 is 0 Å². The van der Waals surface area contributed by atoms with E-state index in [1.165, 1.54) is 270 Å². The number of carbonyl (C=O) groups excluding carboxylic acids is 4. The Morgan fingerprint density at radius 3 is 0.580 bits per heavy atom. The molecule has 0 aromatic rings. The number of unbranched alkanes of at least 4 members (excludes halogenated alkanes) is 50. The predicted molar refractivity (Wildman–Crippen MR) is 374 cm³/mol. The van der Waals surface area contributed by atoms with Crippen molar-refractivity contribution >= 4 is 35.6 Å². The smallest absolute Gasteiger partial charge is 0.326 e. The summed E-state index contributed by atoms with van der Waals surface area (Å²) in [6, 6.07) is -1.68. The molecule has 0 rings (SSSR count). The van der Waals surface area contributed by atoms with Crippen molar-refractivity contribution in [3.63, 3.8) is 0 Å². The number of rotatable bonds is 70. The van der Waals surface area contributed by atoms with E-state index in [0.29, 0.717) is 64.5 Å². The van der Waals surface area contributed by atoms with Gasteiger partial charge in [0.15, 0.2) is 0 Å². The van der Waals surface area contributed by atoms with Crippen molar-refractivity contribution in [1.29, 1.82) is 0 Å². The van der Waals surface area contributed by atoms with Gasteiger partial charge in [0, 0.05) is 38.8 Å². The van der Waals surface area contributed by atoms with Crippen molar-refractivity contribution in [1.82, 2.24) is 21.3 Å². The Morgan fingerprint density at radius 1 is 0.227 bits per heavy atom. The third-order valence-electron chi connectivity index (χ3n) is 17.8. The van der Waals surface area contributed by atoms with Gasteiger partial charge in [-0.05, 0) is 64.2 Å². The maximum absolute atomic E-state index is 12.3. The second-order valence-corrected chi connectivity index (χ2v) is 26.6. The van der Waals surface area contributed by atoms with Crippen LogP contribution in [0.4, 0.5) is 0 Å². The summed E-state index contributed by atoms with van der Waals surface area (Å²) >= 11 is 0. The molecule has 6 N–H and O–H groups in total. The van der Waals surface area contributed by atoms with Gasteiger partial charge in [0.2, 0.25) is 23.6 Å². The van der Waals surface area contributed by atoms with Crippen LogP contribution in [-0.2, 0) is 28.8 Å². The number of hydrogen-bond acceptors (Lipinski definition) is 6. The summed E-state index contributed by atoms with van der Waals surface area (Å²) in [5.74, 6) is -2.09. The highest BCUT2D eigenvalue weighted by molar-refractivity contribution is 5.84. The van der Waals surface area contributed by atoms with Crippen LogP contribution in [0.25, 0.3) is 0 Å². The highest BCUT2D eigenvalue weighted by Crippen LogP contribution is 2.18. The molecular weight excluding hydrogens is 1100 g/mol. The molecule has 0 aliphatic rings. The van der Waals surface area contributed by atoms with E-state index in [4.69, 9.17) is 0 Å². The summed E-state index contributed by atoms with van der Waals surface area (Å²) in [5, 5.41) is 30.4. The molecule has 2 unspecified atom stereocenters. The Kier molecular flexibility index (Phi) is 72.0. The molecule has 2 atom stereocenters. The molecule has 0 radical (unpaired) electrons. The highest BCUT2D eigenvalue weighted by Gasteiger charge is 2.20. The number of amides is 4. The molecule has 0 aromatic heterocycles. The third kappa shape index (κ3) is 70.3. The lowest BCUT2D eigenvalue weighted by Crippen LogP contribution is -2.40. The summed E-state index contributed by atoms with van der Waals surface area (Å²) in [4.78, 5) is 71.9. The molecule has 0 aromatic carbocycles. The Morgan fingerprint density at radius 2 is 0.398 bits per heavy atom. The van der Waals surface area contributed by atoms with Gasteiger partial charge in [-0.25, -0.2) is 9.59 Å². The van der Waals surface area contributed by atoms with Gasteiger partial charge in [0.1, 0.15) is 12.1 Å². The molecule has 12 heteroatoms. The Bertz CT molecular complexity index is 1530. The molecule has 4 amide bonds. The van der Waals surface area contributed by atoms with Crippen LogP contribution < -0.4 is 21.3 Å². The van der Waals surface area contributed by atoms with Crippen LogP contribution in [0.2, 0.25) is 0 Å². The van der Waals surface area contributed by atoms with Crippen molar-refractivity contribution in [3.8, 4) is 0 Å². The molecule has 0 spiro atoms. The first-order valence-electron chi connectivity index (χ1n) is 38.6. The van der Waals surface area contributed by atoms with E-state index < -0.39 is 24.0 Å². The first kappa shape index (κ1) is 86.9. The SMILES string of the molecule is CCCCCCCCCCCCCC(=O)NCCCCC(NC(=O)CCCCCCCCCCCCC)C(=O)O.CCCCCCCCCCCCCCCCCC(=O)NCCCCC(NC(=O)CCCCCCCCCCCCCCCCC)C(=O)O. The summed E-state index contributed by atoms with van der Waals surface area (Å²) < 4.78 is 0. The summed E-state index contributed by atoms with van der Waals surface area (Å²) in [6.45, 7) is 10.2. The number of hydrogen-bond donors (Lipinski definition) is 6. The van der Waals surface area contributed by atoms with Gasteiger partial charge in [-0.3, -0.25) is 19.2 Å². The maximum Gasteiger partial charge on any atom is 0.326 e. The minimum atomic E-state index is -0.979. The van der Waals surface area contributed by atoms with Crippen molar-refractivity contribution in [2.45, 2.75) is 438 Å². The molecule has 0 saturated carbocycles. The third-order valence-corrected chi connectivity index (χ3v) is 17.8. The molecule has 0 bridgehead atoms. The lowest BCUT2D eigenvalue weighted by atomic mass is 10.0. The van der Waals surface area contributed by atoms with E-state index in [9.17, 15) is 39.0 Å². The Balaban J connectivity index is 0. The fraction of sp³-hybridized carbons (Fsp3) is 0.921. The number of carboxylic acid groups (broad SMARTS) is 2. The van der Waals surface area contributed by atoms with Gasteiger partial charge in [-0.1, -0.05) is 336 Å². The lowest BCUT2D eigenvalue weighted by molar-refractivity contribution is -0.142. The van der Waals surface area contributed by atoms with Crippen LogP contribution in [0, 0.1) is 0 Å². The number of carbonyl (C=O) groups is 6. The van der Waals surface area contributed by atoms with Gasteiger partial charge in [-0.15, -0.1) is 0 Å². The minimum Gasteiger partial charge on any atom is -0.480 e. The molecule has 0 saturated heterocycles. The number of carboxylic acids is 2. The minimum absolute atomic E-state index is 0.0889. The van der Waals surface area contributed by atoms with E-state index in [2.05, 4.69) is 49.0 Å². The first-order valence-corrected chi connectivity index (χ1v) is 38.6. The highest BCUT2D eigenvalue weighted by atomic mass is 16.4. The molecule has 0 heterocycles. The Labute approximate surface area is 544 Å². The molecule has 0 aliphatic carbocycles. The normalized spacial score (nSPS) is 11.9. The van der Waals surface area contributed by atoms with E-state index in [1.54, 1.807) is 0 Å². The summed E-state index contributed by atoms with van der Waals surface area (Å²) in [6.07, 6.45) is 72.0. The van der Waals surface area contributed by atoms with Gasteiger partial charge >= 0.3 is 11.9 Å². The van der Waals surface area contributed by atoms with Gasteiger partial charge < -0.3 is 31.5 Å². The van der Waals surface area contributed by atoms with Crippen LogP contribution in [0.1, 0.15) is 426 Å². The summed E-state index contributed by atoms with van der Waals surface area (Å²) in [5.41, 5.74) is 0. The quantitative estimate of drug-likeness (QED) is 0.0324. The maximum atomic E-state index is 12.3. The van der Waals surface area contributed by atoms with Crippen LogP contribution in [0.3, 0.4) is 0 Å². The van der Waals surface area contributed by atoms with E-state index >= 15 is 0 Å². The fourth-order valence-electron chi connectivity index (χ4n) is 11.8. The molecule has 0 aliphatic heterocycles. The van der Waals surface area contributed by atoms with Crippen molar-refractivity contribution in [2.75, 3.05) is 13.1 Å². The predicted octanol–water partition coefficient (Wildman–Crippen LogP) is 21.6. The van der Waals surface area contributed by atoms with Crippen molar-refractivity contribution < 1.29 is 39.0 Å². The van der Waals surface area contributed by atoms with E-state index in [-0.39, 0.29) is 23.6 Å². The lowest BCUT2D eigenvalue weighted by Gasteiger charge is -2.14. The second kappa shape index (κ2) is 72.9. The molecule has 0 fully saturated rings. The van der Waals surface area contributed by atoms with Crippen molar-refractivity contribution in [2.24, 2.45) is 0 Å². The zero-order valence-corrected chi connectivity index (χ0v) is 58.8. The van der Waals surface area contributed by atoms with Crippen LogP contribution in [0.5, 0.6) is 0 Å².